The maximum absolute atomic E-state index is 5.54. The van der Waals surface area contributed by atoms with Crippen molar-refractivity contribution in [3.8, 4) is 0 Å². The number of methoxy groups -OCH3 is 1. The van der Waals surface area contributed by atoms with E-state index in [1.54, 1.807) is 0 Å². The van der Waals surface area contributed by atoms with E-state index >= 15 is 0 Å². The Morgan fingerprint density at radius 1 is 0.824 bits per heavy atom. The molecule has 0 saturated heterocycles. The van der Waals surface area contributed by atoms with Gasteiger partial charge in [0.2, 0.25) is 0 Å². The highest BCUT2D eigenvalue weighted by atomic mass is 127. The van der Waals surface area contributed by atoms with Gasteiger partial charge in [0.15, 0.2) is 0 Å². The lowest BCUT2D eigenvalue weighted by Gasteiger charge is -2.27. The van der Waals surface area contributed by atoms with Crippen LogP contribution in [0.5, 0.6) is 0 Å². The van der Waals surface area contributed by atoms with Crippen LogP contribution >= 0.6 is 0 Å². The largest absolute Gasteiger partial charge is 1.00 e. The number of quaternary nitrogens is 2. The summed E-state index contributed by atoms with van der Waals surface area (Å²) in [6.45, 7) is 2.41. The van der Waals surface area contributed by atoms with Crippen LogP contribution in [0.3, 0.4) is 0 Å². The molecule has 0 aromatic heterocycles. The molecule has 0 bridgehead atoms. The van der Waals surface area contributed by atoms with E-state index in [2.05, 4.69) is 42.3 Å². The molecule has 0 amide bonds. The molecule has 106 valence electrons. The summed E-state index contributed by atoms with van der Waals surface area (Å²) in [6, 6.07) is 0. The van der Waals surface area contributed by atoms with E-state index in [-0.39, 0.29) is 24.0 Å². The number of rotatable bonds is 8. The van der Waals surface area contributed by atoms with Crippen LogP contribution in [0.1, 0.15) is 19.3 Å². The van der Waals surface area contributed by atoms with E-state index in [4.69, 9.17) is 4.74 Å². The Morgan fingerprint density at radius 2 is 1.29 bits per heavy atom. The predicted molar refractivity (Wildman–Crippen MR) is 70.4 cm³/mol. The standard InChI is InChI=1S/C13H32N2O.HI/c1-14(2,3)11-8-9-13(16-7)10-12-15(4,5)6;/h13H,8-12H2,1-7H3;1H/q+2;/p-1. The first-order valence-corrected chi connectivity index (χ1v) is 6.28. The third-order valence-electron chi connectivity index (χ3n) is 2.81. The molecule has 0 rings (SSSR count). The summed E-state index contributed by atoms with van der Waals surface area (Å²) in [5.41, 5.74) is 0. The van der Waals surface area contributed by atoms with Gasteiger partial charge in [-0.25, -0.2) is 0 Å². The molecule has 0 aliphatic heterocycles. The van der Waals surface area contributed by atoms with E-state index in [9.17, 15) is 0 Å². The molecule has 0 radical (unpaired) electrons. The lowest BCUT2D eigenvalue weighted by molar-refractivity contribution is -0.871. The number of hydrogen-bond acceptors (Lipinski definition) is 1. The monoisotopic (exact) mass is 359 g/mol. The fourth-order valence-electron chi connectivity index (χ4n) is 1.70. The van der Waals surface area contributed by atoms with Crippen LogP contribution in [0.25, 0.3) is 0 Å². The molecular formula is C13H32IN2O+. The molecule has 17 heavy (non-hydrogen) atoms. The molecule has 0 saturated carbocycles. The van der Waals surface area contributed by atoms with Gasteiger partial charge >= 0.3 is 0 Å². The van der Waals surface area contributed by atoms with Crippen molar-refractivity contribution in [3.05, 3.63) is 0 Å². The predicted octanol–water partition coefficient (Wildman–Crippen LogP) is -1.41. The van der Waals surface area contributed by atoms with Crippen LogP contribution in [-0.4, -0.2) is 77.6 Å². The average Bonchev–Trinajstić information content (AvgIpc) is 2.07. The van der Waals surface area contributed by atoms with Crippen LogP contribution in [0.4, 0.5) is 0 Å². The Balaban J connectivity index is 0. The molecule has 1 atom stereocenters. The maximum atomic E-state index is 5.54. The fourth-order valence-corrected chi connectivity index (χ4v) is 1.70. The topological polar surface area (TPSA) is 9.23 Å². The third-order valence-corrected chi connectivity index (χ3v) is 2.81. The number of nitrogens with zero attached hydrogens (tertiary/aromatic N) is 2. The quantitative estimate of drug-likeness (QED) is 0.382. The zero-order valence-corrected chi connectivity index (χ0v) is 15.0. The lowest BCUT2D eigenvalue weighted by Crippen LogP contribution is -3.00. The highest BCUT2D eigenvalue weighted by Crippen LogP contribution is 2.09. The lowest BCUT2D eigenvalue weighted by atomic mass is 10.1. The molecule has 0 aliphatic carbocycles. The molecule has 0 aromatic carbocycles. The summed E-state index contributed by atoms with van der Waals surface area (Å²) < 4.78 is 7.61. The Labute approximate surface area is 125 Å². The summed E-state index contributed by atoms with van der Waals surface area (Å²) >= 11 is 0. The molecule has 0 spiro atoms. The van der Waals surface area contributed by atoms with Crippen LogP contribution < -0.4 is 24.0 Å². The summed E-state index contributed by atoms with van der Waals surface area (Å²) in [6.07, 6.45) is 4.03. The maximum Gasteiger partial charge on any atom is 0.0805 e. The molecule has 0 aliphatic rings. The molecule has 0 aromatic rings. The molecule has 0 fully saturated rings. The van der Waals surface area contributed by atoms with Gasteiger partial charge in [-0.15, -0.1) is 0 Å². The van der Waals surface area contributed by atoms with Crippen molar-refractivity contribution in [2.75, 3.05) is 62.5 Å². The fraction of sp³-hybridized carbons (Fsp3) is 1.00. The Hall–Kier alpha value is 0.610. The zero-order chi connectivity index (χ0) is 12.8. The minimum Gasteiger partial charge on any atom is -1.00 e. The first-order chi connectivity index (χ1) is 7.14. The zero-order valence-electron chi connectivity index (χ0n) is 12.8. The van der Waals surface area contributed by atoms with Crippen LogP contribution in [-0.2, 0) is 4.74 Å². The van der Waals surface area contributed by atoms with Gasteiger partial charge in [-0.05, 0) is 12.8 Å². The van der Waals surface area contributed by atoms with Crippen molar-refractivity contribution in [1.82, 2.24) is 0 Å². The van der Waals surface area contributed by atoms with Gasteiger partial charge in [0, 0.05) is 13.5 Å². The molecule has 0 heterocycles. The van der Waals surface area contributed by atoms with Crippen LogP contribution in [0.2, 0.25) is 0 Å². The van der Waals surface area contributed by atoms with Gasteiger partial charge in [0.25, 0.3) is 0 Å². The number of hydrogen-bond donors (Lipinski definition) is 0. The highest BCUT2D eigenvalue weighted by Gasteiger charge is 2.15. The van der Waals surface area contributed by atoms with Crippen molar-refractivity contribution in [1.29, 1.82) is 0 Å². The van der Waals surface area contributed by atoms with Crippen molar-refractivity contribution >= 4 is 0 Å². The van der Waals surface area contributed by atoms with Crippen LogP contribution in [0.15, 0.2) is 0 Å². The third kappa shape index (κ3) is 14.6. The summed E-state index contributed by atoms with van der Waals surface area (Å²) in [7, 11) is 15.3. The van der Waals surface area contributed by atoms with Crippen LogP contribution in [0, 0.1) is 0 Å². The normalized spacial score (nSPS) is 14.3. The van der Waals surface area contributed by atoms with E-state index in [1.165, 1.54) is 25.9 Å². The molecule has 1 unspecified atom stereocenters. The summed E-state index contributed by atoms with van der Waals surface area (Å²) in [4.78, 5) is 0. The van der Waals surface area contributed by atoms with Crippen molar-refractivity contribution < 1.29 is 37.7 Å². The first-order valence-electron chi connectivity index (χ1n) is 6.28. The minimum absolute atomic E-state index is 0. The molecule has 4 heteroatoms. The number of halogens is 1. The van der Waals surface area contributed by atoms with Crippen molar-refractivity contribution in [2.24, 2.45) is 0 Å². The Bertz CT molecular complexity index is 185. The summed E-state index contributed by atoms with van der Waals surface area (Å²) in [5.74, 6) is 0. The van der Waals surface area contributed by atoms with Gasteiger partial charge in [-0.3, -0.25) is 0 Å². The molecule has 3 nitrogen and oxygen atoms in total. The number of ether oxygens (including phenoxy) is 1. The second-order valence-corrected chi connectivity index (χ2v) is 6.82. The van der Waals surface area contributed by atoms with Crippen molar-refractivity contribution in [3.63, 3.8) is 0 Å². The van der Waals surface area contributed by atoms with Gasteiger partial charge < -0.3 is 37.7 Å². The Morgan fingerprint density at radius 3 is 1.65 bits per heavy atom. The van der Waals surface area contributed by atoms with E-state index < -0.39 is 0 Å². The van der Waals surface area contributed by atoms with E-state index in [1.807, 2.05) is 7.11 Å². The molecular weight excluding hydrogens is 327 g/mol. The average molecular weight is 359 g/mol. The summed E-state index contributed by atoms with van der Waals surface area (Å²) in [5, 5.41) is 0. The van der Waals surface area contributed by atoms with E-state index in [0.29, 0.717) is 6.10 Å². The van der Waals surface area contributed by atoms with Crippen molar-refractivity contribution in [2.45, 2.75) is 25.4 Å². The van der Waals surface area contributed by atoms with Gasteiger partial charge in [-0.1, -0.05) is 0 Å². The van der Waals surface area contributed by atoms with Gasteiger partial charge in [0.1, 0.15) is 0 Å². The highest BCUT2D eigenvalue weighted by molar-refractivity contribution is 4.57. The first kappa shape index (κ1) is 19.9. The molecule has 0 N–H and O–H groups in total. The SMILES string of the molecule is COC(CCC[N+](C)(C)C)CC[N+](C)(C)C.[I-]. The second kappa shape index (κ2) is 8.67. The second-order valence-electron chi connectivity index (χ2n) is 6.82. The van der Waals surface area contributed by atoms with E-state index in [0.717, 1.165) is 15.4 Å². The van der Waals surface area contributed by atoms with Gasteiger partial charge in [0.05, 0.1) is 61.5 Å². The minimum atomic E-state index is 0. The Kier molecular flexibility index (Phi) is 10.2. The smallest absolute Gasteiger partial charge is 0.0805 e. The van der Waals surface area contributed by atoms with Gasteiger partial charge in [-0.2, -0.15) is 0 Å².